The highest BCUT2D eigenvalue weighted by molar-refractivity contribution is 7.99. The van der Waals surface area contributed by atoms with Crippen LogP contribution in [0.2, 0.25) is 0 Å². The fourth-order valence-corrected chi connectivity index (χ4v) is 5.74. The first-order valence-corrected chi connectivity index (χ1v) is 12.9. The molecule has 3 heterocycles. The summed E-state index contributed by atoms with van der Waals surface area (Å²) >= 11 is 1.82. The summed E-state index contributed by atoms with van der Waals surface area (Å²) in [5.41, 5.74) is 3.66. The van der Waals surface area contributed by atoms with Gasteiger partial charge in [0.25, 0.3) is 0 Å². The van der Waals surface area contributed by atoms with Crippen LogP contribution in [0.1, 0.15) is 36.8 Å². The maximum absolute atomic E-state index is 10.3. The summed E-state index contributed by atoms with van der Waals surface area (Å²) in [6.45, 7) is 5.64. The Labute approximate surface area is 201 Å². The Morgan fingerprint density at radius 1 is 1.15 bits per heavy atom. The van der Waals surface area contributed by atoms with Gasteiger partial charge in [0.15, 0.2) is 0 Å². The van der Waals surface area contributed by atoms with Crippen LogP contribution in [0.4, 0.5) is 0 Å². The van der Waals surface area contributed by atoms with E-state index in [9.17, 15) is 5.11 Å². The van der Waals surface area contributed by atoms with Crippen molar-refractivity contribution in [2.24, 2.45) is 5.41 Å². The number of fused-ring (bicyclic) bond motifs is 1. The third kappa shape index (κ3) is 6.05. The number of aliphatic hydroxyl groups is 1. The second-order valence-electron chi connectivity index (χ2n) is 9.17. The minimum Gasteiger partial charge on any atom is -0.497 e. The Balaban J connectivity index is 1.30. The van der Waals surface area contributed by atoms with Crippen LogP contribution < -0.4 is 4.74 Å². The van der Waals surface area contributed by atoms with Gasteiger partial charge in [0, 0.05) is 36.7 Å². The van der Waals surface area contributed by atoms with Gasteiger partial charge in [-0.3, -0.25) is 4.98 Å². The molecule has 6 heteroatoms. The quantitative estimate of drug-likeness (QED) is 0.419. The van der Waals surface area contributed by atoms with Crippen molar-refractivity contribution in [3.63, 3.8) is 0 Å². The van der Waals surface area contributed by atoms with Crippen molar-refractivity contribution in [2.75, 3.05) is 39.1 Å². The zero-order chi connectivity index (χ0) is 23.1. The molecule has 176 valence electrons. The lowest BCUT2D eigenvalue weighted by Gasteiger charge is -2.41. The van der Waals surface area contributed by atoms with Gasteiger partial charge in [-0.1, -0.05) is 6.07 Å². The molecule has 0 unspecified atom stereocenters. The summed E-state index contributed by atoms with van der Waals surface area (Å²) in [7, 11) is 1.71. The van der Waals surface area contributed by atoms with Crippen LogP contribution in [0.5, 0.6) is 5.75 Å². The van der Waals surface area contributed by atoms with Crippen LogP contribution in [-0.4, -0.2) is 59.1 Å². The second kappa shape index (κ2) is 11.3. The number of methoxy groups -OCH3 is 1. The van der Waals surface area contributed by atoms with Gasteiger partial charge < -0.3 is 14.7 Å². The highest BCUT2D eigenvalue weighted by Crippen LogP contribution is 2.37. The van der Waals surface area contributed by atoms with E-state index in [-0.39, 0.29) is 12.0 Å². The molecule has 3 aromatic rings. The van der Waals surface area contributed by atoms with E-state index < -0.39 is 0 Å². The predicted octanol–water partition coefficient (Wildman–Crippen LogP) is 5.14. The summed E-state index contributed by atoms with van der Waals surface area (Å²) in [6.07, 6.45) is 9.12. The van der Waals surface area contributed by atoms with Crippen molar-refractivity contribution in [2.45, 2.75) is 44.1 Å². The third-order valence-corrected chi connectivity index (χ3v) is 8.01. The zero-order valence-electron chi connectivity index (χ0n) is 19.8. The second-order valence-corrected chi connectivity index (χ2v) is 10.3. The number of thioether (sulfide) groups is 1. The Bertz CT molecular complexity index is 1040. The van der Waals surface area contributed by atoms with E-state index in [0.717, 1.165) is 73.8 Å². The van der Waals surface area contributed by atoms with Crippen molar-refractivity contribution >= 4 is 22.7 Å². The molecule has 1 N–H and O–H groups in total. The van der Waals surface area contributed by atoms with E-state index in [1.165, 1.54) is 16.5 Å². The molecule has 0 amide bonds. The number of aromatic nitrogens is 2. The first-order valence-electron chi connectivity index (χ1n) is 11.9. The number of pyridine rings is 2. The van der Waals surface area contributed by atoms with Crippen molar-refractivity contribution in [1.29, 1.82) is 0 Å². The van der Waals surface area contributed by atoms with E-state index in [4.69, 9.17) is 4.74 Å². The van der Waals surface area contributed by atoms with Gasteiger partial charge >= 0.3 is 0 Å². The number of ether oxygens (including phenoxy) is 1. The lowest BCUT2D eigenvalue weighted by molar-refractivity contribution is 0.0378. The predicted molar refractivity (Wildman–Crippen MR) is 136 cm³/mol. The molecule has 2 aromatic heterocycles. The molecule has 33 heavy (non-hydrogen) atoms. The summed E-state index contributed by atoms with van der Waals surface area (Å²) < 4.78 is 5.44. The molecule has 1 fully saturated rings. The molecule has 4 rings (SSSR count). The van der Waals surface area contributed by atoms with Crippen molar-refractivity contribution in [1.82, 2.24) is 14.9 Å². The number of piperidine rings is 1. The molecule has 1 aliphatic heterocycles. The molecular weight excluding hydrogens is 430 g/mol. The van der Waals surface area contributed by atoms with E-state index in [0.29, 0.717) is 0 Å². The van der Waals surface area contributed by atoms with Crippen LogP contribution in [0, 0.1) is 12.3 Å². The summed E-state index contributed by atoms with van der Waals surface area (Å²) in [5.74, 6) is 1.93. The minimum atomic E-state index is 0.0546. The largest absolute Gasteiger partial charge is 0.497 e. The van der Waals surface area contributed by atoms with E-state index >= 15 is 0 Å². The monoisotopic (exact) mass is 465 g/mol. The first kappa shape index (κ1) is 24.0. The summed E-state index contributed by atoms with van der Waals surface area (Å²) in [5, 5.41) is 12.6. The van der Waals surface area contributed by atoms with E-state index in [2.05, 4.69) is 33.9 Å². The molecule has 0 radical (unpaired) electrons. The van der Waals surface area contributed by atoms with Gasteiger partial charge in [-0.25, -0.2) is 4.98 Å². The Morgan fingerprint density at radius 3 is 2.73 bits per heavy atom. The van der Waals surface area contributed by atoms with Crippen molar-refractivity contribution in [3.8, 4) is 5.75 Å². The number of hydrogen-bond donors (Lipinski definition) is 1. The highest BCUT2D eigenvalue weighted by atomic mass is 32.2. The zero-order valence-corrected chi connectivity index (χ0v) is 20.6. The number of nitrogens with zero attached hydrogens (tertiary/aromatic N) is 3. The average Bonchev–Trinajstić information content (AvgIpc) is 2.86. The SMILES string of the molecule is COc1ccc2ncc(C)c(CCCC3(CO)CCN(CCSc4ccccn4)CC3)c2c1. The Hall–Kier alpha value is -2.15. The lowest BCUT2D eigenvalue weighted by Crippen LogP contribution is -2.42. The molecule has 0 saturated carbocycles. The van der Waals surface area contributed by atoms with Crippen molar-refractivity contribution in [3.05, 3.63) is 59.9 Å². The summed E-state index contributed by atoms with van der Waals surface area (Å²) in [4.78, 5) is 11.5. The van der Waals surface area contributed by atoms with Gasteiger partial charge in [-0.15, -0.1) is 11.8 Å². The fraction of sp³-hybridized carbons (Fsp3) is 0.481. The van der Waals surface area contributed by atoms with Gasteiger partial charge in [-0.05, 0) is 99.0 Å². The molecule has 1 aromatic carbocycles. The maximum Gasteiger partial charge on any atom is 0.119 e. The summed E-state index contributed by atoms with van der Waals surface area (Å²) in [6, 6.07) is 12.2. The molecular formula is C27H35N3O2S. The van der Waals surface area contributed by atoms with Gasteiger partial charge in [-0.2, -0.15) is 0 Å². The van der Waals surface area contributed by atoms with Gasteiger partial charge in [0.05, 0.1) is 17.7 Å². The number of aryl methyl sites for hydroxylation is 2. The standard InChI is InChI=1S/C27H35N3O2S/c1-21-19-29-25-9-8-22(32-2)18-24(25)23(21)6-5-10-27(20-31)11-14-30(15-12-27)16-17-33-26-7-3-4-13-28-26/h3-4,7-9,13,18-19,31H,5-6,10-12,14-17,20H2,1-2H3. The number of likely N-dealkylation sites (tertiary alicyclic amines) is 1. The lowest BCUT2D eigenvalue weighted by atomic mass is 9.75. The number of hydrogen-bond acceptors (Lipinski definition) is 6. The van der Waals surface area contributed by atoms with E-state index in [1.807, 2.05) is 48.4 Å². The van der Waals surface area contributed by atoms with Crippen LogP contribution in [0.25, 0.3) is 10.9 Å². The normalized spacial score (nSPS) is 16.2. The third-order valence-electron chi connectivity index (χ3n) is 7.08. The molecule has 0 spiro atoms. The molecule has 1 saturated heterocycles. The topological polar surface area (TPSA) is 58.5 Å². The molecule has 1 aliphatic rings. The van der Waals surface area contributed by atoms with Crippen LogP contribution >= 0.6 is 11.8 Å². The van der Waals surface area contributed by atoms with Crippen LogP contribution in [0.3, 0.4) is 0 Å². The van der Waals surface area contributed by atoms with Gasteiger partial charge in [0.1, 0.15) is 5.75 Å². The average molecular weight is 466 g/mol. The maximum atomic E-state index is 10.3. The Kier molecular flexibility index (Phi) is 8.23. The Morgan fingerprint density at radius 2 is 2.00 bits per heavy atom. The first-order chi connectivity index (χ1) is 16.1. The van der Waals surface area contributed by atoms with Crippen LogP contribution in [0.15, 0.2) is 53.8 Å². The molecule has 0 atom stereocenters. The molecule has 0 bridgehead atoms. The number of rotatable bonds is 10. The number of aliphatic hydroxyl groups excluding tert-OH is 1. The molecule has 0 aliphatic carbocycles. The smallest absolute Gasteiger partial charge is 0.119 e. The van der Waals surface area contributed by atoms with Gasteiger partial charge in [0.2, 0.25) is 0 Å². The van der Waals surface area contributed by atoms with E-state index in [1.54, 1.807) is 7.11 Å². The minimum absolute atomic E-state index is 0.0546. The van der Waals surface area contributed by atoms with Crippen molar-refractivity contribution < 1.29 is 9.84 Å². The van der Waals surface area contributed by atoms with Crippen LogP contribution in [-0.2, 0) is 6.42 Å². The highest BCUT2D eigenvalue weighted by Gasteiger charge is 2.33. The number of benzene rings is 1. The fourth-order valence-electron chi connectivity index (χ4n) is 4.88. The molecule has 5 nitrogen and oxygen atoms in total.